The first-order chi connectivity index (χ1) is 6.65. The summed E-state index contributed by atoms with van der Waals surface area (Å²) >= 11 is 17.7. The summed E-state index contributed by atoms with van der Waals surface area (Å²) < 4.78 is 0. The third kappa shape index (κ3) is 3.18. The van der Waals surface area contributed by atoms with Crippen LogP contribution in [0.1, 0.15) is 5.56 Å². The monoisotopic (exact) mass is 249 g/mol. The molecule has 1 N–H and O–H groups in total. The van der Waals surface area contributed by atoms with E-state index in [2.05, 4.69) is 5.32 Å². The summed E-state index contributed by atoms with van der Waals surface area (Å²) in [5.41, 5.74) is 0.799. The lowest BCUT2D eigenvalue weighted by Crippen LogP contribution is -2.03. The van der Waals surface area contributed by atoms with Gasteiger partial charge in [-0.3, -0.25) is 0 Å². The van der Waals surface area contributed by atoms with Gasteiger partial charge in [-0.25, -0.2) is 0 Å². The molecule has 0 aliphatic heterocycles. The van der Waals surface area contributed by atoms with Gasteiger partial charge in [-0.15, -0.1) is 0 Å². The molecule has 0 saturated carbocycles. The van der Waals surface area contributed by atoms with Crippen LogP contribution >= 0.6 is 34.8 Å². The van der Waals surface area contributed by atoms with Gasteiger partial charge in [-0.2, -0.15) is 0 Å². The van der Waals surface area contributed by atoms with Gasteiger partial charge in [-0.05, 0) is 19.2 Å². The summed E-state index contributed by atoms with van der Waals surface area (Å²) in [6.07, 6.45) is 3.82. The molecule has 0 amide bonds. The third-order valence-electron chi connectivity index (χ3n) is 1.65. The van der Waals surface area contributed by atoms with Crippen molar-refractivity contribution in [1.82, 2.24) is 5.32 Å². The molecule has 0 radical (unpaired) electrons. The normalized spacial score (nSPS) is 11.1. The number of nitrogens with one attached hydrogen (secondary N) is 1. The van der Waals surface area contributed by atoms with Gasteiger partial charge >= 0.3 is 0 Å². The Hall–Kier alpha value is -0.210. The van der Waals surface area contributed by atoms with Crippen molar-refractivity contribution >= 4 is 40.9 Å². The number of likely N-dealkylation sites (N-methyl/N-ethyl adjacent to an activating group) is 1. The van der Waals surface area contributed by atoms with Crippen LogP contribution in [-0.2, 0) is 0 Å². The Morgan fingerprint density at radius 1 is 1.21 bits per heavy atom. The maximum atomic E-state index is 5.97. The summed E-state index contributed by atoms with van der Waals surface area (Å²) in [4.78, 5) is 0. The smallest absolute Gasteiger partial charge is 0.0508 e. The molecule has 0 bridgehead atoms. The number of benzene rings is 1. The van der Waals surface area contributed by atoms with Crippen molar-refractivity contribution in [2.45, 2.75) is 0 Å². The topological polar surface area (TPSA) is 12.0 Å². The highest BCUT2D eigenvalue weighted by molar-refractivity contribution is 6.40. The number of rotatable bonds is 3. The molecular formula is C10H10Cl3N. The van der Waals surface area contributed by atoms with E-state index in [1.807, 2.05) is 19.2 Å². The standard InChI is InChI=1S/C10H10Cl3N/c1-14-4-2-3-8-9(12)5-7(11)6-10(8)13/h2-3,5-6,14H,4H2,1H3. The van der Waals surface area contributed by atoms with E-state index >= 15 is 0 Å². The second-order valence-corrected chi connectivity index (χ2v) is 3.99. The van der Waals surface area contributed by atoms with E-state index in [4.69, 9.17) is 34.8 Å². The van der Waals surface area contributed by atoms with E-state index in [1.54, 1.807) is 12.1 Å². The van der Waals surface area contributed by atoms with Gasteiger partial charge in [0, 0.05) is 17.1 Å². The molecule has 0 saturated heterocycles. The molecule has 0 spiro atoms. The predicted molar refractivity (Wildman–Crippen MR) is 64.4 cm³/mol. The van der Waals surface area contributed by atoms with Crippen LogP contribution in [0.25, 0.3) is 6.08 Å². The van der Waals surface area contributed by atoms with Gasteiger partial charge in [0.25, 0.3) is 0 Å². The van der Waals surface area contributed by atoms with Crippen molar-refractivity contribution in [3.63, 3.8) is 0 Å². The van der Waals surface area contributed by atoms with Crippen molar-refractivity contribution in [3.8, 4) is 0 Å². The fourth-order valence-corrected chi connectivity index (χ4v) is 1.95. The van der Waals surface area contributed by atoms with E-state index in [0.717, 1.165) is 12.1 Å². The molecule has 0 aliphatic rings. The minimum absolute atomic E-state index is 0.547. The Morgan fingerprint density at radius 3 is 2.29 bits per heavy atom. The zero-order chi connectivity index (χ0) is 10.6. The second kappa shape index (κ2) is 5.62. The first-order valence-corrected chi connectivity index (χ1v) is 5.24. The largest absolute Gasteiger partial charge is 0.316 e. The van der Waals surface area contributed by atoms with Gasteiger partial charge in [0.15, 0.2) is 0 Å². The highest BCUT2D eigenvalue weighted by Gasteiger charge is 2.03. The average molecular weight is 251 g/mol. The fraction of sp³-hybridized carbons (Fsp3) is 0.200. The molecule has 0 aromatic heterocycles. The fourth-order valence-electron chi connectivity index (χ4n) is 1.01. The molecule has 1 nitrogen and oxygen atoms in total. The first kappa shape index (κ1) is 11.9. The summed E-state index contributed by atoms with van der Waals surface area (Å²) in [7, 11) is 1.87. The van der Waals surface area contributed by atoms with E-state index in [9.17, 15) is 0 Å². The molecule has 1 aromatic rings. The summed E-state index contributed by atoms with van der Waals surface area (Å²) in [6, 6.07) is 3.35. The summed E-state index contributed by atoms with van der Waals surface area (Å²) in [5.74, 6) is 0. The Labute approximate surface area is 98.7 Å². The molecule has 76 valence electrons. The Kier molecular flexibility index (Phi) is 4.76. The van der Waals surface area contributed by atoms with E-state index in [1.165, 1.54) is 0 Å². The van der Waals surface area contributed by atoms with Gasteiger partial charge in [0.1, 0.15) is 0 Å². The zero-order valence-corrected chi connectivity index (χ0v) is 9.92. The van der Waals surface area contributed by atoms with Crippen LogP contribution in [0.4, 0.5) is 0 Å². The van der Waals surface area contributed by atoms with Gasteiger partial charge in [0.2, 0.25) is 0 Å². The summed E-state index contributed by atoms with van der Waals surface area (Å²) in [6.45, 7) is 0.773. The average Bonchev–Trinajstić information content (AvgIpc) is 2.09. The third-order valence-corrected chi connectivity index (χ3v) is 2.49. The van der Waals surface area contributed by atoms with Crippen molar-refractivity contribution in [1.29, 1.82) is 0 Å². The number of hydrogen-bond acceptors (Lipinski definition) is 1. The van der Waals surface area contributed by atoms with E-state index in [0.29, 0.717) is 15.1 Å². The predicted octanol–water partition coefficient (Wildman–Crippen LogP) is 3.88. The Balaban J connectivity index is 2.96. The van der Waals surface area contributed by atoms with Crippen molar-refractivity contribution in [3.05, 3.63) is 38.8 Å². The van der Waals surface area contributed by atoms with Crippen LogP contribution in [0.5, 0.6) is 0 Å². The van der Waals surface area contributed by atoms with Crippen LogP contribution in [0.15, 0.2) is 18.2 Å². The van der Waals surface area contributed by atoms with Gasteiger partial charge < -0.3 is 5.32 Å². The second-order valence-electron chi connectivity index (χ2n) is 2.74. The maximum absolute atomic E-state index is 5.97. The Morgan fingerprint density at radius 2 is 1.79 bits per heavy atom. The van der Waals surface area contributed by atoms with Gasteiger partial charge in [0.05, 0.1) is 10.0 Å². The lowest BCUT2D eigenvalue weighted by atomic mass is 10.2. The van der Waals surface area contributed by atoms with E-state index < -0.39 is 0 Å². The van der Waals surface area contributed by atoms with Crippen LogP contribution < -0.4 is 5.32 Å². The molecule has 14 heavy (non-hydrogen) atoms. The number of halogens is 3. The zero-order valence-electron chi connectivity index (χ0n) is 7.65. The lowest BCUT2D eigenvalue weighted by molar-refractivity contribution is 0.922. The highest BCUT2D eigenvalue weighted by Crippen LogP contribution is 2.29. The SMILES string of the molecule is CNCC=Cc1c(Cl)cc(Cl)cc1Cl. The molecule has 1 rings (SSSR count). The highest BCUT2D eigenvalue weighted by atomic mass is 35.5. The Bertz CT molecular complexity index is 324. The molecule has 0 aliphatic carbocycles. The molecule has 0 atom stereocenters. The van der Waals surface area contributed by atoms with Crippen molar-refractivity contribution < 1.29 is 0 Å². The lowest BCUT2D eigenvalue weighted by Gasteiger charge is -2.02. The molecular weight excluding hydrogens is 240 g/mol. The van der Waals surface area contributed by atoms with Crippen LogP contribution in [0.2, 0.25) is 15.1 Å². The molecule has 4 heteroatoms. The minimum atomic E-state index is 0.547. The van der Waals surface area contributed by atoms with Crippen molar-refractivity contribution in [2.24, 2.45) is 0 Å². The van der Waals surface area contributed by atoms with E-state index in [-0.39, 0.29) is 0 Å². The molecule has 1 aromatic carbocycles. The van der Waals surface area contributed by atoms with Crippen LogP contribution in [0, 0.1) is 0 Å². The molecule has 0 heterocycles. The minimum Gasteiger partial charge on any atom is -0.316 e. The van der Waals surface area contributed by atoms with Crippen molar-refractivity contribution in [2.75, 3.05) is 13.6 Å². The molecule has 0 fully saturated rings. The van der Waals surface area contributed by atoms with Crippen LogP contribution in [0.3, 0.4) is 0 Å². The quantitative estimate of drug-likeness (QED) is 0.858. The first-order valence-electron chi connectivity index (χ1n) is 4.11. The maximum Gasteiger partial charge on any atom is 0.0508 e. The number of hydrogen-bond donors (Lipinski definition) is 1. The molecule has 0 unspecified atom stereocenters. The summed E-state index contributed by atoms with van der Waals surface area (Å²) in [5, 5.41) is 4.67. The van der Waals surface area contributed by atoms with Crippen LogP contribution in [-0.4, -0.2) is 13.6 Å². The van der Waals surface area contributed by atoms with Gasteiger partial charge in [-0.1, -0.05) is 47.0 Å².